The van der Waals surface area contributed by atoms with E-state index in [1.165, 1.54) is 0 Å². The highest BCUT2D eigenvalue weighted by atomic mass is 127. The van der Waals surface area contributed by atoms with E-state index >= 15 is 0 Å². The van der Waals surface area contributed by atoms with Crippen molar-refractivity contribution >= 4 is 29.9 Å². The van der Waals surface area contributed by atoms with Gasteiger partial charge in [-0.2, -0.15) is 0 Å². The summed E-state index contributed by atoms with van der Waals surface area (Å²) in [6.45, 7) is 7.89. The molecular formula is C21H33IN4O4. The number of methoxy groups -OCH3 is 3. The molecule has 1 aromatic heterocycles. The normalized spacial score (nSPS) is 10.9. The SMILES string of the molecule is CCNC(=NCc1c(OC)cc(OC)cc1OC)NCc1c(CC)noc1CC.I. The predicted octanol–water partition coefficient (Wildman–Crippen LogP) is 3.70. The highest BCUT2D eigenvalue weighted by Crippen LogP contribution is 2.34. The molecule has 1 heterocycles. The summed E-state index contributed by atoms with van der Waals surface area (Å²) in [6, 6.07) is 3.65. The van der Waals surface area contributed by atoms with E-state index < -0.39 is 0 Å². The Morgan fingerprint density at radius 3 is 2.13 bits per heavy atom. The highest BCUT2D eigenvalue weighted by Gasteiger charge is 2.15. The molecule has 0 fully saturated rings. The predicted molar refractivity (Wildman–Crippen MR) is 128 cm³/mol. The quantitative estimate of drug-likeness (QED) is 0.274. The molecule has 0 saturated carbocycles. The highest BCUT2D eigenvalue weighted by molar-refractivity contribution is 14.0. The Balaban J connectivity index is 0.00000450. The van der Waals surface area contributed by atoms with Crippen molar-refractivity contribution in [2.24, 2.45) is 4.99 Å². The maximum Gasteiger partial charge on any atom is 0.191 e. The van der Waals surface area contributed by atoms with E-state index in [0.717, 1.165) is 42.0 Å². The molecule has 0 spiro atoms. The Morgan fingerprint density at radius 1 is 0.967 bits per heavy atom. The molecule has 0 atom stereocenters. The van der Waals surface area contributed by atoms with Gasteiger partial charge >= 0.3 is 0 Å². The molecule has 2 aromatic rings. The number of hydrogen-bond acceptors (Lipinski definition) is 6. The van der Waals surface area contributed by atoms with Gasteiger partial charge in [-0.3, -0.25) is 0 Å². The summed E-state index contributed by atoms with van der Waals surface area (Å²) in [5.41, 5.74) is 2.92. The summed E-state index contributed by atoms with van der Waals surface area (Å²) >= 11 is 0. The maximum atomic E-state index is 5.51. The summed E-state index contributed by atoms with van der Waals surface area (Å²) < 4.78 is 21.8. The zero-order valence-electron chi connectivity index (χ0n) is 18.6. The van der Waals surface area contributed by atoms with Crippen LogP contribution < -0.4 is 24.8 Å². The molecule has 1 aromatic carbocycles. The number of aromatic nitrogens is 1. The van der Waals surface area contributed by atoms with Crippen LogP contribution in [0.2, 0.25) is 0 Å². The molecule has 0 amide bonds. The summed E-state index contributed by atoms with van der Waals surface area (Å²) in [5, 5.41) is 10.8. The monoisotopic (exact) mass is 532 g/mol. The first kappa shape index (κ1) is 25.9. The number of nitrogens with zero attached hydrogens (tertiary/aromatic N) is 2. The zero-order chi connectivity index (χ0) is 21.2. The van der Waals surface area contributed by atoms with E-state index in [0.29, 0.717) is 36.3 Å². The molecular weight excluding hydrogens is 499 g/mol. The summed E-state index contributed by atoms with van der Waals surface area (Å²) in [6.07, 6.45) is 1.63. The summed E-state index contributed by atoms with van der Waals surface area (Å²) in [7, 11) is 4.85. The Bertz CT molecular complexity index is 777. The van der Waals surface area contributed by atoms with E-state index in [9.17, 15) is 0 Å². The van der Waals surface area contributed by atoms with Gasteiger partial charge in [-0.1, -0.05) is 19.0 Å². The Hall–Kier alpha value is -2.17. The lowest BCUT2D eigenvalue weighted by atomic mass is 10.1. The third kappa shape index (κ3) is 6.41. The minimum atomic E-state index is 0. The molecule has 0 unspecified atom stereocenters. The number of guanidine groups is 1. The van der Waals surface area contributed by atoms with E-state index in [1.54, 1.807) is 21.3 Å². The number of aliphatic imine (C=N–C) groups is 1. The van der Waals surface area contributed by atoms with Crippen molar-refractivity contribution < 1.29 is 18.7 Å². The van der Waals surface area contributed by atoms with Gasteiger partial charge in [0.25, 0.3) is 0 Å². The molecule has 0 bridgehead atoms. The molecule has 0 radical (unpaired) electrons. The van der Waals surface area contributed by atoms with Gasteiger partial charge in [-0.05, 0) is 13.3 Å². The molecule has 9 heteroatoms. The second-order valence-electron chi connectivity index (χ2n) is 6.30. The van der Waals surface area contributed by atoms with E-state index in [4.69, 9.17) is 23.7 Å². The average molecular weight is 532 g/mol. The van der Waals surface area contributed by atoms with E-state index in [1.807, 2.05) is 19.1 Å². The molecule has 30 heavy (non-hydrogen) atoms. The van der Waals surface area contributed by atoms with Gasteiger partial charge in [-0.25, -0.2) is 4.99 Å². The minimum absolute atomic E-state index is 0. The molecule has 0 saturated heterocycles. The third-order valence-electron chi connectivity index (χ3n) is 4.60. The van der Waals surface area contributed by atoms with Crippen molar-refractivity contribution in [3.63, 3.8) is 0 Å². The fraction of sp³-hybridized carbons (Fsp3) is 0.524. The van der Waals surface area contributed by atoms with Crippen LogP contribution in [0, 0.1) is 0 Å². The lowest BCUT2D eigenvalue weighted by Gasteiger charge is -2.15. The Morgan fingerprint density at radius 2 is 1.63 bits per heavy atom. The van der Waals surface area contributed by atoms with Crippen LogP contribution in [0.5, 0.6) is 17.2 Å². The van der Waals surface area contributed by atoms with Crippen LogP contribution >= 0.6 is 24.0 Å². The molecule has 0 aliphatic rings. The van der Waals surface area contributed by atoms with Gasteiger partial charge in [0.2, 0.25) is 0 Å². The third-order valence-corrected chi connectivity index (χ3v) is 4.60. The topological polar surface area (TPSA) is 90.1 Å². The fourth-order valence-corrected chi connectivity index (χ4v) is 3.04. The molecule has 8 nitrogen and oxygen atoms in total. The molecule has 168 valence electrons. The number of benzene rings is 1. The Labute approximate surface area is 195 Å². The molecule has 0 aliphatic carbocycles. The van der Waals surface area contributed by atoms with Crippen molar-refractivity contribution in [2.45, 2.75) is 46.7 Å². The van der Waals surface area contributed by atoms with Crippen LogP contribution in [0.1, 0.15) is 43.4 Å². The minimum Gasteiger partial charge on any atom is -0.496 e. The van der Waals surface area contributed by atoms with Crippen LogP contribution in [0.3, 0.4) is 0 Å². The van der Waals surface area contributed by atoms with Gasteiger partial charge in [0.15, 0.2) is 5.96 Å². The second-order valence-corrected chi connectivity index (χ2v) is 6.30. The number of aryl methyl sites for hydroxylation is 2. The van der Waals surface area contributed by atoms with Crippen LogP contribution in [0.25, 0.3) is 0 Å². The summed E-state index contributed by atoms with van der Waals surface area (Å²) in [5.74, 6) is 3.60. The van der Waals surface area contributed by atoms with Gasteiger partial charge in [0, 0.05) is 37.2 Å². The smallest absolute Gasteiger partial charge is 0.191 e. The van der Waals surface area contributed by atoms with Gasteiger partial charge in [-0.15, -0.1) is 24.0 Å². The lowest BCUT2D eigenvalue weighted by Crippen LogP contribution is -2.37. The van der Waals surface area contributed by atoms with Gasteiger partial charge < -0.3 is 29.4 Å². The number of ether oxygens (including phenoxy) is 3. The van der Waals surface area contributed by atoms with Crippen LogP contribution in [0.15, 0.2) is 21.6 Å². The summed E-state index contributed by atoms with van der Waals surface area (Å²) in [4.78, 5) is 4.71. The van der Waals surface area contributed by atoms with Crippen LogP contribution in [0.4, 0.5) is 0 Å². The van der Waals surface area contributed by atoms with Crippen LogP contribution in [-0.4, -0.2) is 39.0 Å². The van der Waals surface area contributed by atoms with E-state index in [2.05, 4.69) is 29.6 Å². The largest absolute Gasteiger partial charge is 0.496 e. The molecule has 0 aliphatic heterocycles. The van der Waals surface area contributed by atoms with Crippen LogP contribution in [-0.2, 0) is 25.9 Å². The molecule has 2 N–H and O–H groups in total. The maximum absolute atomic E-state index is 5.51. The van der Waals surface area contributed by atoms with Crippen molar-refractivity contribution in [2.75, 3.05) is 27.9 Å². The number of rotatable bonds is 10. The first-order valence-corrected chi connectivity index (χ1v) is 9.88. The first-order chi connectivity index (χ1) is 14.1. The van der Waals surface area contributed by atoms with Crippen molar-refractivity contribution in [3.8, 4) is 17.2 Å². The lowest BCUT2D eigenvalue weighted by molar-refractivity contribution is 0.369. The van der Waals surface area contributed by atoms with Gasteiger partial charge in [0.1, 0.15) is 23.0 Å². The van der Waals surface area contributed by atoms with E-state index in [-0.39, 0.29) is 24.0 Å². The number of nitrogens with one attached hydrogen (secondary N) is 2. The average Bonchev–Trinajstić information content (AvgIpc) is 3.16. The van der Waals surface area contributed by atoms with Crippen molar-refractivity contribution in [3.05, 3.63) is 34.7 Å². The van der Waals surface area contributed by atoms with Gasteiger partial charge in [0.05, 0.1) is 39.1 Å². The van der Waals surface area contributed by atoms with Crippen molar-refractivity contribution in [1.82, 2.24) is 15.8 Å². The second kappa shape index (κ2) is 13.2. The fourth-order valence-electron chi connectivity index (χ4n) is 3.04. The number of hydrogen-bond donors (Lipinski definition) is 2. The zero-order valence-corrected chi connectivity index (χ0v) is 21.0. The first-order valence-electron chi connectivity index (χ1n) is 9.88. The van der Waals surface area contributed by atoms with Crippen molar-refractivity contribution in [1.29, 1.82) is 0 Å². The number of halogens is 1. The standard InChI is InChI=1S/C21H32N4O4.HI/c1-7-17-15(18(8-2)29-25-17)12-23-21(22-9-3)24-13-16-19(27-5)10-14(26-4)11-20(16)28-6;/h10-11H,7-9,12-13H2,1-6H3,(H2,22,23,24);1H. The molecule has 2 rings (SSSR count). The Kier molecular flexibility index (Phi) is 11.4.